The molecule has 3 aliphatic heterocycles. The SMILES string of the molecule is CC(C)c1ccc(-c2cccc3nc(Nc4ccc(N5CCOCC5)cc4)nn23)cc1.COc1ccc(-c2cccc3nc(Nc4ccc(N5CCOCC5)cc4)nn23)cc1C.COc1ccc(-c2cccc3nc(Nc4ccc(N5CCOCC5)cc4)nn23)cc1OC.Cc1cccc(Nc2nc3cccc(-c4cccc(C(C)C)c4)n3n2)n1.Cc1ccnc(Nc2nc3cccc(-c4cccc(C(C)C)c4)n3n2)c1. The van der Waals surface area contributed by atoms with E-state index in [2.05, 4.69) is 286 Å². The third-order valence-electron chi connectivity index (χ3n) is 25.5. The maximum absolute atomic E-state index is 5.46. The van der Waals surface area contributed by atoms with E-state index in [1.165, 1.54) is 33.8 Å². The molecule has 12 aromatic heterocycles. The summed E-state index contributed by atoms with van der Waals surface area (Å²) >= 11 is 0. The molecule has 0 bridgehead atoms. The van der Waals surface area contributed by atoms with Gasteiger partial charge in [-0.2, -0.15) is 24.9 Å². The van der Waals surface area contributed by atoms with Crippen LogP contribution in [0.4, 0.5) is 75.5 Å². The van der Waals surface area contributed by atoms with Crippen molar-refractivity contribution >= 4 is 104 Å². The smallest absolute Gasteiger partial charge is 0.248 e. The van der Waals surface area contributed by atoms with E-state index in [1.54, 1.807) is 27.5 Å². The molecule has 3 saturated heterocycles. The average Bonchev–Trinajstić information content (AvgIpc) is 1.51. The fourth-order valence-corrected chi connectivity index (χ4v) is 17.6. The van der Waals surface area contributed by atoms with Crippen molar-refractivity contribution in [1.82, 2.24) is 83.0 Å². The lowest BCUT2D eigenvalue weighted by Crippen LogP contribution is -2.36. The average molecular weight is 1950 g/mol. The molecule has 31 heteroatoms. The zero-order valence-corrected chi connectivity index (χ0v) is 84.1. The van der Waals surface area contributed by atoms with Gasteiger partial charge in [0.2, 0.25) is 29.7 Å². The van der Waals surface area contributed by atoms with Crippen LogP contribution < -0.4 is 55.5 Å². The molecule has 3 fully saturated rings. The number of nitrogens with one attached hydrogen (secondary N) is 5. The third kappa shape index (κ3) is 23.4. The molecular formula is C115H119N25O6. The minimum absolute atomic E-state index is 0.481. The lowest BCUT2D eigenvalue weighted by molar-refractivity contribution is 0.122. The van der Waals surface area contributed by atoms with Crippen molar-refractivity contribution in [2.24, 2.45) is 0 Å². The molecule has 5 N–H and O–H groups in total. The molecule has 23 rings (SSSR count). The number of methoxy groups -OCH3 is 3. The number of aromatic nitrogens is 17. The first kappa shape index (κ1) is 97.7. The van der Waals surface area contributed by atoms with Crippen molar-refractivity contribution in [3.05, 3.63) is 343 Å². The first-order valence-corrected chi connectivity index (χ1v) is 49.3. The van der Waals surface area contributed by atoms with Crippen LogP contribution in [0.5, 0.6) is 17.2 Å². The van der Waals surface area contributed by atoms with Gasteiger partial charge in [-0.1, -0.05) is 139 Å². The predicted molar refractivity (Wildman–Crippen MR) is 582 cm³/mol. The molecule has 0 unspecified atom stereocenters. The Morgan fingerprint density at radius 2 is 0.603 bits per heavy atom. The highest BCUT2D eigenvalue weighted by atomic mass is 16.5. The maximum Gasteiger partial charge on any atom is 0.248 e. The van der Waals surface area contributed by atoms with Gasteiger partial charge in [-0.25, -0.2) is 32.5 Å². The van der Waals surface area contributed by atoms with Gasteiger partial charge in [0.25, 0.3) is 0 Å². The third-order valence-corrected chi connectivity index (χ3v) is 25.5. The van der Waals surface area contributed by atoms with E-state index in [-0.39, 0.29) is 0 Å². The Bertz CT molecular complexity index is 7670. The lowest BCUT2D eigenvalue weighted by atomic mass is 9.99. The van der Waals surface area contributed by atoms with Crippen LogP contribution in [0.25, 0.3) is 84.5 Å². The molecule has 0 spiro atoms. The number of pyridine rings is 7. The predicted octanol–water partition coefficient (Wildman–Crippen LogP) is 23.3. The summed E-state index contributed by atoms with van der Waals surface area (Å²) in [6.45, 7) is 29.5. The Balaban J connectivity index is 0.000000115. The van der Waals surface area contributed by atoms with E-state index in [9.17, 15) is 0 Å². The number of fused-ring (bicyclic) bond motifs is 5. The van der Waals surface area contributed by atoms with E-state index >= 15 is 0 Å². The quantitative estimate of drug-likeness (QED) is 0.0375. The molecular weight excluding hydrogens is 1830 g/mol. The minimum atomic E-state index is 0.481. The van der Waals surface area contributed by atoms with Gasteiger partial charge in [0.15, 0.2) is 39.7 Å². The van der Waals surface area contributed by atoms with Gasteiger partial charge in [-0.15, -0.1) is 25.5 Å². The van der Waals surface area contributed by atoms with Crippen molar-refractivity contribution in [2.45, 2.75) is 80.1 Å². The van der Waals surface area contributed by atoms with E-state index in [4.69, 9.17) is 43.7 Å². The van der Waals surface area contributed by atoms with E-state index in [1.807, 2.05) is 189 Å². The maximum atomic E-state index is 5.46. The van der Waals surface area contributed by atoms with Crippen molar-refractivity contribution in [3.8, 4) is 73.5 Å². The molecule has 0 radical (unpaired) electrons. The summed E-state index contributed by atoms with van der Waals surface area (Å²) in [6.07, 6.45) is 1.77. The van der Waals surface area contributed by atoms with Crippen LogP contribution in [0.1, 0.15) is 92.8 Å². The van der Waals surface area contributed by atoms with Crippen molar-refractivity contribution in [2.75, 3.05) is 142 Å². The summed E-state index contributed by atoms with van der Waals surface area (Å²) in [6, 6.07) is 103. The number of rotatable bonds is 24. The molecule has 20 aromatic rings. The second-order valence-electron chi connectivity index (χ2n) is 36.6. The summed E-state index contributed by atoms with van der Waals surface area (Å²) in [5, 5.41) is 39.8. The highest BCUT2D eigenvalue weighted by Gasteiger charge is 2.22. The monoisotopic (exact) mass is 1950 g/mol. The number of benzene rings is 8. The topological polar surface area (TPSA) is 302 Å². The molecule has 15 heterocycles. The number of ether oxygens (including phenoxy) is 6. The highest BCUT2D eigenvalue weighted by molar-refractivity contribution is 5.74. The summed E-state index contributed by atoms with van der Waals surface area (Å²) < 4.78 is 41.8. The standard InChI is InChI=1S/C25H27N5O.C24H25N5O3.C24H25N5O2.2C21H21N5/c1-18(2)19-6-8-20(9-7-19)23-4-3-5-24-27-25(28-30(23)24)26-21-10-12-22(13-11-21)29-14-16-31-17-15-29;1-30-21-11-6-17(16-22(21)31-2)20-4-3-5-23-26-24(27-29(20)23)25-18-7-9-19(10-8-18)28-12-14-32-15-13-28;1-17-16-18(6-11-22(17)30-2)21-4-3-5-23-26-24(27-29(21)23)25-19-7-9-20(10-8-19)28-12-14-31-15-13-28;1-14(2)16-8-5-9-17(13-16)18-10-6-12-20-24-21(25-26(18)20)23-19-11-4-7-15(3)22-19;1-14(2)16-6-4-7-17(13-16)18-8-5-9-20-24-21(25-26(18)20)23-19-12-15(3)10-11-22-19/h3-13,18H,14-17H2,1-2H3,(H,26,28);3-11,16H,12-15H2,1-2H3,(H,25,27);3-11,16H,12-15H2,1-2H3,(H,25,27);2*4-14H,1-3H3,(H,22,23,25). The second-order valence-corrected chi connectivity index (χ2v) is 36.6. The largest absolute Gasteiger partial charge is 0.496 e. The zero-order valence-electron chi connectivity index (χ0n) is 84.1. The summed E-state index contributed by atoms with van der Waals surface area (Å²) in [5.74, 6) is 7.95. The van der Waals surface area contributed by atoms with E-state index in [0.717, 1.165) is 215 Å². The van der Waals surface area contributed by atoms with Gasteiger partial charge >= 0.3 is 0 Å². The van der Waals surface area contributed by atoms with Gasteiger partial charge < -0.3 is 69.7 Å². The minimum Gasteiger partial charge on any atom is -0.496 e. The summed E-state index contributed by atoms with van der Waals surface area (Å²) in [7, 11) is 4.94. The fraction of sp³-hybridized carbons (Fsp3) is 0.235. The number of nitrogens with zero attached hydrogens (tertiary/aromatic N) is 20. The Morgan fingerprint density at radius 3 is 0.959 bits per heavy atom. The molecule has 3 aliphatic rings. The van der Waals surface area contributed by atoms with Crippen molar-refractivity contribution in [1.29, 1.82) is 0 Å². The fourth-order valence-electron chi connectivity index (χ4n) is 17.6. The van der Waals surface area contributed by atoms with Gasteiger partial charge in [0, 0.05) is 113 Å². The Labute approximate surface area is 848 Å². The van der Waals surface area contributed by atoms with Crippen LogP contribution in [0.2, 0.25) is 0 Å². The van der Waals surface area contributed by atoms with Crippen LogP contribution in [0, 0.1) is 20.8 Å². The lowest BCUT2D eigenvalue weighted by Gasteiger charge is -2.28. The van der Waals surface area contributed by atoms with Crippen LogP contribution in [-0.4, -0.2) is 183 Å². The highest BCUT2D eigenvalue weighted by Crippen LogP contribution is 2.37. The molecule has 0 aliphatic carbocycles. The molecule has 146 heavy (non-hydrogen) atoms. The van der Waals surface area contributed by atoms with Crippen molar-refractivity contribution < 1.29 is 28.4 Å². The summed E-state index contributed by atoms with van der Waals surface area (Å²) in [4.78, 5) is 38.9. The van der Waals surface area contributed by atoms with Gasteiger partial charge in [0.05, 0.1) is 89.4 Å². The number of hydrogen-bond donors (Lipinski definition) is 5. The Morgan fingerprint density at radius 1 is 0.274 bits per heavy atom. The first-order chi connectivity index (χ1) is 71.3. The number of morpholine rings is 3. The molecule has 8 aromatic carbocycles. The van der Waals surface area contributed by atoms with Crippen LogP contribution in [0.3, 0.4) is 0 Å². The van der Waals surface area contributed by atoms with Crippen LogP contribution in [-0.2, 0) is 14.2 Å². The molecule has 31 nitrogen and oxygen atoms in total. The number of anilines is 13. The molecule has 0 atom stereocenters. The molecule has 0 saturated carbocycles. The zero-order chi connectivity index (χ0) is 101. The molecule has 0 amide bonds. The van der Waals surface area contributed by atoms with E-state index < -0.39 is 0 Å². The number of aryl methyl sites for hydroxylation is 3. The van der Waals surface area contributed by atoms with Crippen LogP contribution in [0.15, 0.2) is 310 Å². The number of hydrogen-bond acceptors (Lipinski definition) is 26. The van der Waals surface area contributed by atoms with E-state index in [0.29, 0.717) is 59.0 Å². The van der Waals surface area contributed by atoms with Crippen LogP contribution >= 0.6 is 0 Å². The first-order valence-electron chi connectivity index (χ1n) is 49.3. The van der Waals surface area contributed by atoms with Gasteiger partial charge in [-0.05, 0) is 273 Å². The Hall–Kier alpha value is -17.2. The van der Waals surface area contributed by atoms with Gasteiger partial charge in [0.1, 0.15) is 17.4 Å². The summed E-state index contributed by atoms with van der Waals surface area (Å²) in [5.41, 5.74) is 27.9. The Kier molecular flexibility index (Phi) is 30.4. The van der Waals surface area contributed by atoms with Crippen molar-refractivity contribution in [3.63, 3.8) is 0 Å². The molecule has 740 valence electrons. The normalized spacial score (nSPS) is 13.1. The second kappa shape index (κ2) is 45.4. The van der Waals surface area contributed by atoms with Gasteiger partial charge in [-0.3, -0.25) is 0 Å².